The lowest BCUT2D eigenvalue weighted by atomic mass is 9.79. The standard InChI is InChI=1S/C12H15BFNO4/c1-11(2)12(3,4)19-13(18-11)8-5-6-9(14)10(7-8)15(16)17/h5-7H,1-4H3. The number of hydrogen-bond donors (Lipinski definition) is 0. The number of nitro groups is 1. The molecule has 5 nitrogen and oxygen atoms in total. The molecule has 2 rings (SSSR count). The molecule has 0 aliphatic carbocycles. The Hall–Kier alpha value is -1.47. The second kappa shape index (κ2) is 4.28. The van der Waals surface area contributed by atoms with Gasteiger partial charge in [-0.3, -0.25) is 10.1 Å². The normalized spacial score (nSPS) is 20.6. The molecule has 0 N–H and O–H groups in total. The lowest BCUT2D eigenvalue weighted by molar-refractivity contribution is -0.387. The molecular weight excluding hydrogens is 252 g/mol. The van der Waals surface area contributed by atoms with Gasteiger partial charge in [0.2, 0.25) is 0 Å². The van der Waals surface area contributed by atoms with E-state index in [2.05, 4.69) is 0 Å². The van der Waals surface area contributed by atoms with Crippen LogP contribution in [0.25, 0.3) is 0 Å². The van der Waals surface area contributed by atoms with Crippen LogP contribution in [0.15, 0.2) is 18.2 Å². The van der Waals surface area contributed by atoms with Gasteiger partial charge in [-0.1, -0.05) is 6.07 Å². The van der Waals surface area contributed by atoms with E-state index < -0.39 is 34.7 Å². The van der Waals surface area contributed by atoms with Crippen LogP contribution in [0.2, 0.25) is 0 Å². The average Bonchev–Trinajstić information content (AvgIpc) is 2.48. The first-order valence-electron chi connectivity index (χ1n) is 5.93. The molecule has 0 spiro atoms. The summed E-state index contributed by atoms with van der Waals surface area (Å²) in [6, 6.07) is 3.64. The predicted octanol–water partition coefficient (Wildman–Crippen LogP) is 2.03. The number of rotatable bonds is 2. The van der Waals surface area contributed by atoms with Gasteiger partial charge >= 0.3 is 12.8 Å². The van der Waals surface area contributed by atoms with Crippen molar-refractivity contribution >= 4 is 18.3 Å². The van der Waals surface area contributed by atoms with Crippen molar-refractivity contribution in [2.45, 2.75) is 38.9 Å². The molecule has 7 heteroatoms. The highest BCUT2D eigenvalue weighted by Gasteiger charge is 2.52. The molecule has 1 aromatic rings. The third kappa shape index (κ3) is 2.35. The first-order valence-corrected chi connectivity index (χ1v) is 5.93. The van der Waals surface area contributed by atoms with Gasteiger partial charge in [0.1, 0.15) is 0 Å². The number of halogens is 1. The van der Waals surface area contributed by atoms with Crippen LogP contribution >= 0.6 is 0 Å². The molecule has 102 valence electrons. The Morgan fingerprint density at radius 3 is 2.21 bits per heavy atom. The van der Waals surface area contributed by atoms with Crippen LogP contribution in [-0.2, 0) is 9.31 Å². The lowest BCUT2D eigenvalue weighted by Crippen LogP contribution is -2.41. The SMILES string of the molecule is CC1(C)OB(c2ccc(F)c([N+](=O)[O-])c2)OC1(C)C. The Kier molecular flexibility index (Phi) is 3.14. The van der Waals surface area contributed by atoms with Gasteiger partial charge in [-0.15, -0.1) is 0 Å². The van der Waals surface area contributed by atoms with E-state index in [0.717, 1.165) is 12.1 Å². The van der Waals surface area contributed by atoms with Gasteiger partial charge in [-0.2, -0.15) is 4.39 Å². The van der Waals surface area contributed by atoms with Crippen LogP contribution in [-0.4, -0.2) is 23.2 Å². The molecule has 1 aliphatic heterocycles. The van der Waals surface area contributed by atoms with Crippen LogP contribution in [0.1, 0.15) is 27.7 Å². The molecule has 1 heterocycles. The smallest absolute Gasteiger partial charge is 0.399 e. The molecule has 0 bridgehead atoms. The Morgan fingerprint density at radius 1 is 1.21 bits per heavy atom. The minimum atomic E-state index is -0.870. The minimum absolute atomic E-state index is 0.437. The molecule has 1 fully saturated rings. The highest BCUT2D eigenvalue weighted by Crippen LogP contribution is 2.36. The number of nitrogens with zero attached hydrogens (tertiary/aromatic N) is 1. The summed E-state index contributed by atoms with van der Waals surface area (Å²) in [5, 5.41) is 10.7. The predicted molar refractivity (Wildman–Crippen MR) is 68.8 cm³/mol. The highest BCUT2D eigenvalue weighted by atomic mass is 19.1. The molecule has 1 saturated heterocycles. The summed E-state index contributed by atoms with van der Waals surface area (Å²) in [5.74, 6) is -0.870. The summed E-state index contributed by atoms with van der Waals surface area (Å²) >= 11 is 0. The van der Waals surface area contributed by atoms with Crippen LogP contribution < -0.4 is 5.46 Å². The van der Waals surface area contributed by atoms with Gasteiger partial charge in [0.05, 0.1) is 16.1 Å². The molecule has 1 aromatic carbocycles. The molecule has 0 unspecified atom stereocenters. The quantitative estimate of drug-likeness (QED) is 0.467. The zero-order valence-corrected chi connectivity index (χ0v) is 11.3. The zero-order valence-electron chi connectivity index (χ0n) is 11.3. The van der Waals surface area contributed by atoms with Crippen LogP contribution in [0.4, 0.5) is 10.1 Å². The van der Waals surface area contributed by atoms with Crippen molar-refractivity contribution in [3.8, 4) is 0 Å². The maximum absolute atomic E-state index is 13.3. The van der Waals surface area contributed by atoms with E-state index in [9.17, 15) is 14.5 Å². The summed E-state index contributed by atoms with van der Waals surface area (Å²) < 4.78 is 24.8. The van der Waals surface area contributed by atoms with Gasteiger partial charge < -0.3 is 9.31 Å². The van der Waals surface area contributed by atoms with E-state index in [0.29, 0.717) is 5.46 Å². The van der Waals surface area contributed by atoms with E-state index in [-0.39, 0.29) is 0 Å². The second-order valence-corrected chi connectivity index (χ2v) is 5.56. The van der Waals surface area contributed by atoms with Crippen LogP contribution in [0.5, 0.6) is 0 Å². The van der Waals surface area contributed by atoms with Crippen LogP contribution in [0.3, 0.4) is 0 Å². The van der Waals surface area contributed by atoms with Crippen molar-refractivity contribution in [2.75, 3.05) is 0 Å². The third-order valence-electron chi connectivity index (χ3n) is 3.69. The topological polar surface area (TPSA) is 61.6 Å². The molecule has 19 heavy (non-hydrogen) atoms. The van der Waals surface area contributed by atoms with E-state index in [1.807, 2.05) is 27.7 Å². The number of nitro benzene ring substituents is 1. The van der Waals surface area contributed by atoms with E-state index in [4.69, 9.17) is 9.31 Å². The number of hydrogen-bond acceptors (Lipinski definition) is 4. The van der Waals surface area contributed by atoms with Crippen molar-refractivity contribution in [1.29, 1.82) is 0 Å². The van der Waals surface area contributed by atoms with E-state index in [1.54, 1.807) is 0 Å². The van der Waals surface area contributed by atoms with Crippen molar-refractivity contribution in [2.24, 2.45) is 0 Å². The van der Waals surface area contributed by atoms with Crippen molar-refractivity contribution in [3.63, 3.8) is 0 Å². The fourth-order valence-corrected chi connectivity index (χ4v) is 1.80. The van der Waals surface area contributed by atoms with Gasteiger partial charge in [0.15, 0.2) is 5.82 Å². The number of benzene rings is 1. The summed E-state index contributed by atoms with van der Waals surface area (Å²) in [5.41, 5.74) is -1.22. The van der Waals surface area contributed by atoms with E-state index >= 15 is 0 Å². The molecule has 0 radical (unpaired) electrons. The Morgan fingerprint density at radius 2 is 1.74 bits per heavy atom. The lowest BCUT2D eigenvalue weighted by Gasteiger charge is -2.32. The monoisotopic (exact) mass is 267 g/mol. The van der Waals surface area contributed by atoms with Crippen LogP contribution in [0, 0.1) is 15.9 Å². The Bertz CT molecular complexity index is 516. The minimum Gasteiger partial charge on any atom is -0.399 e. The summed E-state index contributed by atoms with van der Waals surface area (Å²) in [4.78, 5) is 9.97. The molecule has 0 aromatic heterocycles. The van der Waals surface area contributed by atoms with Gasteiger partial charge in [-0.05, 0) is 39.2 Å². The van der Waals surface area contributed by atoms with Crippen molar-refractivity contribution in [1.82, 2.24) is 0 Å². The average molecular weight is 267 g/mol. The summed E-state index contributed by atoms with van der Waals surface area (Å²) in [6.45, 7) is 7.52. The summed E-state index contributed by atoms with van der Waals surface area (Å²) in [7, 11) is -0.732. The maximum Gasteiger partial charge on any atom is 0.495 e. The zero-order chi connectivity index (χ0) is 14.4. The Balaban J connectivity index is 2.35. The first-order chi connectivity index (χ1) is 8.64. The fraction of sp³-hybridized carbons (Fsp3) is 0.500. The largest absolute Gasteiger partial charge is 0.495 e. The van der Waals surface area contributed by atoms with Gasteiger partial charge in [0, 0.05) is 6.07 Å². The molecule has 0 saturated carbocycles. The van der Waals surface area contributed by atoms with Gasteiger partial charge in [0.25, 0.3) is 0 Å². The molecule has 1 aliphatic rings. The molecular formula is C12H15BFNO4. The maximum atomic E-state index is 13.3. The second-order valence-electron chi connectivity index (χ2n) is 5.56. The van der Waals surface area contributed by atoms with E-state index in [1.165, 1.54) is 6.07 Å². The first kappa shape index (κ1) is 14.0. The molecule has 0 atom stereocenters. The summed E-state index contributed by atoms with van der Waals surface area (Å²) in [6.07, 6.45) is 0. The third-order valence-corrected chi connectivity index (χ3v) is 3.69. The van der Waals surface area contributed by atoms with Crippen molar-refractivity contribution in [3.05, 3.63) is 34.1 Å². The van der Waals surface area contributed by atoms with Crippen molar-refractivity contribution < 1.29 is 18.6 Å². The van der Waals surface area contributed by atoms with Gasteiger partial charge in [-0.25, -0.2) is 0 Å². The molecule has 0 amide bonds. The Labute approximate surface area is 111 Å². The highest BCUT2D eigenvalue weighted by molar-refractivity contribution is 6.62. The fourth-order valence-electron chi connectivity index (χ4n) is 1.80.